The number of nitrogen functional groups attached to an aromatic ring is 1. The molecule has 0 atom stereocenters. The number of primary amides is 1. The lowest BCUT2D eigenvalue weighted by molar-refractivity contribution is -0.120. The van der Waals surface area contributed by atoms with Crippen LogP contribution in [0.3, 0.4) is 0 Å². The molecule has 0 bridgehead atoms. The minimum absolute atomic E-state index is 0.147. The molecule has 0 heterocycles. The smallest absolute Gasteiger partial charge is 0.231 e. The fourth-order valence-electron chi connectivity index (χ4n) is 1.82. The summed E-state index contributed by atoms with van der Waals surface area (Å²) in [4.78, 5) is 24.6. The van der Waals surface area contributed by atoms with Gasteiger partial charge in [0.25, 0.3) is 0 Å². The van der Waals surface area contributed by atoms with Crippen molar-refractivity contribution in [3.05, 3.63) is 18.2 Å². The summed E-state index contributed by atoms with van der Waals surface area (Å²) in [6.45, 7) is 3.17. The first-order valence-electron chi connectivity index (χ1n) is 6.70. The van der Waals surface area contributed by atoms with Crippen LogP contribution in [0.4, 0.5) is 11.4 Å². The number of methoxy groups -OCH3 is 1. The molecule has 0 radical (unpaired) electrons. The summed E-state index contributed by atoms with van der Waals surface area (Å²) in [6.07, 6.45) is 0.257. The van der Waals surface area contributed by atoms with E-state index in [0.29, 0.717) is 30.2 Å². The molecule has 0 fully saturated rings. The van der Waals surface area contributed by atoms with Gasteiger partial charge in [0, 0.05) is 19.0 Å². The van der Waals surface area contributed by atoms with Gasteiger partial charge >= 0.3 is 0 Å². The monoisotopic (exact) mass is 294 g/mol. The third kappa shape index (κ3) is 5.70. The van der Waals surface area contributed by atoms with Crippen LogP contribution in [-0.4, -0.2) is 43.5 Å². The van der Waals surface area contributed by atoms with Crippen molar-refractivity contribution in [1.82, 2.24) is 4.90 Å². The molecule has 5 N–H and O–H groups in total. The molecule has 0 aromatic heterocycles. The fourth-order valence-corrected chi connectivity index (χ4v) is 1.82. The number of anilines is 2. The molecule has 21 heavy (non-hydrogen) atoms. The summed E-state index contributed by atoms with van der Waals surface area (Å²) in [5.74, 6) is 0.0514. The van der Waals surface area contributed by atoms with Gasteiger partial charge in [-0.05, 0) is 18.7 Å². The van der Waals surface area contributed by atoms with E-state index >= 15 is 0 Å². The molecular formula is C14H22N4O3. The molecule has 1 aromatic carbocycles. The van der Waals surface area contributed by atoms with Gasteiger partial charge in [-0.15, -0.1) is 0 Å². The van der Waals surface area contributed by atoms with Gasteiger partial charge in [0.1, 0.15) is 5.75 Å². The topological polar surface area (TPSA) is 111 Å². The Morgan fingerprint density at radius 2 is 2.10 bits per heavy atom. The Kier molecular flexibility index (Phi) is 6.48. The molecule has 1 aromatic rings. The number of nitrogens with two attached hydrogens (primary N) is 2. The maximum atomic E-state index is 11.9. The van der Waals surface area contributed by atoms with Crippen LogP contribution in [0.15, 0.2) is 18.2 Å². The average molecular weight is 294 g/mol. The highest BCUT2D eigenvalue weighted by Gasteiger charge is 2.10. The molecule has 0 aliphatic heterocycles. The fraction of sp³-hybridized carbons (Fsp3) is 0.429. The van der Waals surface area contributed by atoms with Crippen LogP contribution in [0.2, 0.25) is 0 Å². The number of hydrogen-bond acceptors (Lipinski definition) is 5. The van der Waals surface area contributed by atoms with Crippen LogP contribution >= 0.6 is 0 Å². The zero-order valence-corrected chi connectivity index (χ0v) is 12.4. The Hall–Kier alpha value is -2.28. The number of ether oxygens (including phenoxy) is 1. The molecule has 1 rings (SSSR count). The molecule has 0 aliphatic carbocycles. The number of rotatable bonds is 8. The standard InChI is InChI=1S/C14H22N4O3/c1-3-18(9-13(16)19)7-6-14(20)17-12-5-4-10(21-2)8-11(12)15/h4-5,8H,3,6-7,9,15H2,1-2H3,(H2,16,19)(H,17,20). The summed E-state index contributed by atoms with van der Waals surface area (Å²) >= 11 is 0. The number of likely N-dealkylation sites (N-methyl/N-ethyl adjacent to an activating group) is 1. The van der Waals surface area contributed by atoms with Crippen molar-refractivity contribution in [3.8, 4) is 5.75 Å². The van der Waals surface area contributed by atoms with E-state index < -0.39 is 5.91 Å². The second-order valence-electron chi connectivity index (χ2n) is 4.59. The van der Waals surface area contributed by atoms with Gasteiger partial charge in [0.05, 0.1) is 25.0 Å². The highest BCUT2D eigenvalue weighted by Crippen LogP contribution is 2.24. The molecule has 0 spiro atoms. The number of nitrogens with zero attached hydrogens (tertiary/aromatic N) is 1. The maximum absolute atomic E-state index is 11.9. The molecule has 7 heteroatoms. The number of nitrogens with one attached hydrogen (secondary N) is 1. The van der Waals surface area contributed by atoms with Crippen LogP contribution in [0.5, 0.6) is 5.75 Å². The first-order chi connectivity index (χ1) is 9.96. The van der Waals surface area contributed by atoms with Gasteiger partial charge in [-0.2, -0.15) is 0 Å². The average Bonchev–Trinajstić information content (AvgIpc) is 2.45. The van der Waals surface area contributed by atoms with Gasteiger partial charge in [0.2, 0.25) is 11.8 Å². The SMILES string of the molecule is CCN(CCC(=O)Nc1ccc(OC)cc1N)CC(N)=O. The zero-order valence-electron chi connectivity index (χ0n) is 12.4. The minimum atomic E-state index is -0.406. The van der Waals surface area contributed by atoms with Crippen molar-refractivity contribution in [2.45, 2.75) is 13.3 Å². The van der Waals surface area contributed by atoms with E-state index in [9.17, 15) is 9.59 Å². The van der Waals surface area contributed by atoms with Crippen molar-refractivity contribution >= 4 is 23.2 Å². The third-order valence-corrected chi connectivity index (χ3v) is 3.01. The number of carbonyl (C=O) groups excluding carboxylic acids is 2. The molecule has 0 saturated carbocycles. The number of carbonyl (C=O) groups is 2. The van der Waals surface area contributed by atoms with Gasteiger partial charge in [-0.25, -0.2) is 0 Å². The Balaban J connectivity index is 2.51. The van der Waals surface area contributed by atoms with Gasteiger partial charge in [0.15, 0.2) is 0 Å². The number of benzene rings is 1. The second kappa shape index (κ2) is 8.11. The lowest BCUT2D eigenvalue weighted by atomic mass is 10.2. The van der Waals surface area contributed by atoms with Crippen LogP contribution in [0, 0.1) is 0 Å². The van der Waals surface area contributed by atoms with Crippen LogP contribution < -0.4 is 21.5 Å². The van der Waals surface area contributed by atoms with E-state index in [0.717, 1.165) is 0 Å². The first kappa shape index (κ1) is 16.8. The predicted molar refractivity (Wildman–Crippen MR) is 82.0 cm³/mol. The van der Waals surface area contributed by atoms with Crippen LogP contribution in [0.1, 0.15) is 13.3 Å². The van der Waals surface area contributed by atoms with Crippen molar-refractivity contribution in [1.29, 1.82) is 0 Å². The molecule has 0 aliphatic rings. The van der Waals surface area contributed by atoms with Crippen molar-refractivity contribution in [2.24, 2.45) is 5.73 Å². The van der Waals surface area contributed by atoms with Gasteiger partial charge in [-0.1, -0.05) is 6.92 Å². The Labute approximate surface area is 124 Å². The molecule has 0 unspecified atom stereocenters. The minimum Gasteiger partial charge on any atom is -0.497 e. The highest BCUT2D eigenvalue weighted by molar-refractivity contribution is 5.94. The predicted octanol–water partition coefficient (Wildman–Crippen LogP) is 0.413. The van der Waals surface area contributed by atoms with E-state index in [1.54, 1.807) is 30.2 Å². The molecule has 0 saturated heterocycles. The molecule has 2 amide bonds. The second-order valence-corrected chi connectivity index (χ2v) is 4.59. The number of hydrogen-bond donors (Lipinski definition) is 3. The van der Waals surface area contributed by atoms with E-state index in [2.05, 4.69) is 5.32 Å². The van der Waals surface area contributed by atoms with E-state index in [4.69, 9.17) is 16.2 Å². The van der Waals surface area contributed by atoms with Crippen molar-refractivity contribution in [2.75, 3.05) is 37.8 Å². The lowest BCUT2D eigenvalue weighted by Crippen LogP contribution is -2.35. The van der Waals surface area contributed by atoms with E-state index in [1.165, 1.54) is 0 Å². The highest BCUT2D eigenvalue weighted by atomic mass is 16.5. The quantitative estimate of drug-likeness (QED) is 0.601. The summed E-state index contributed by atoms with van der Waals surface area (Å²) in [6, 6.07) is 5.05. The molecule has 7 nitrogen and oxygen atoms in total. The summed E-state index contributed by atoms with van der Waals surface area (Å²) in [5, 5.41) is 2.73. The summed E-state index contributed by atoms with van der Waals surface area (Å²) in [5.41, 5.74) is 11.9. The number of amides is 2. The molecule has 116 valence electrons. The Morgan fingerprint density at radius 3 is 2.62 bits per heavy atom. The summed E-state index contributed by atoms with van der Waals surface area (Å²) in [7, 11) is 1.55. The van der Waals surface area contributed by atoms with Gasteiger partial charge < -0.3 is 21.5 Å². The van der Waals surface area contributed by atoms with E-state index in [-0.39, 0.29) is 18.9 Å². The van der Waals surface area contributed by atoms with Gasteiger partial charge in [-0.3, -0.25) is 14.5 Å². The Bertz CT molecular complexity index is 505. The van der Waals surface area contributed by atoms with Crippen molar-refractivity contribution in [3.63, 3.8) is 0 Å². The summed E-state index contributed by atoms with van der Waals surface area (Å²) < 4.78 is 5.04. The van der Waals surface area contributed by atoms with Crippen LogP contribution in [0.25, 0.3) is 0 Å². The third-order valence-electron chi connectivity index (χ3n) is 3.01. The zero-order chi connectivity index (χ0) is 15.8. The lowest BCUT2D eigenvalue weighted by Gasteiger charge is -2.18. The Morgan fingerprint density at radius 1 is 1.38 bits per heavy atom. The largest absolute Gasteiger partial charge is 0.497 e. The molecular weight excluding hydrogens is 272 g/mol. The normalized spacial score (nSPS) is 10.4. The van der Waals surface area contributed by atoms with E-state index in [1.807, 2.05) is 6.92 Å². The maximum Gasteiger partial charge on any atom is 0.231 e. The van der Waals surface area contributed by atoms with Crippen LogP contribution in [-0.2, 0) is 9.59 Å². The first-order valence-corrected chi connectivity index (χ1v) is 6.70. The van der Waals surface area contributed by atoms with Crippen molar-refractivity contribution < 1.29 is 14.3 Å².